The molecule has 5 heterocycles. The number of nitrogens with zero attached hydrogens (tertiary/aromatic N) is 8. The van der Waals surface area contributed by atoms with Gasteiger partial charge >= 0.3 is 0 Å². The second kappa shape index (κ2) is 6.92. The Bertz CT molecular complexity index is 824. The van der Waals surface area contributed by atoms with Gasteiger partial charge in [-0.15, -0.1) is 0 Å². The molecule has 2 aliphatic rings. The van der Waals surface area contributed by atoms with Crippen molar-refractivity contribution in [3.8, 4) is 22.8 Å². The molecule has 2 aliphatic heterocycles. The van der Waals surface area contributed by atoms with Gasteiger partial charge in [-0.3, -0.25) is 0 Å². The summed E-state index contributed by atoms with van der Waals surface area (Å²) in [5.41, 5.74) is 1.57. The minimum atomic E-state index is 0.364. The van der Waals surface area contributed by atoms with Crippen molar-refractivity contribution in [1.29, 1.82) is 0 Å². The first-order valence-electron chi connectivity index (χ1n) is 8.55. The van der Waals surface area contributed by atoms with E-state index in [4.69, 9.17) is 23.4 Å². The molecule has 0 bridgehead atoms. The lowest BCUT2D eigenvalue weighted by Gasteiger charge is -2.26. The van der Waals surface area contributed by atoms with Crippen molar-refractivity contribution in [2.75, 3.05) is 62.4 Å². The van der Waals surface area contributed by atoms with Gasteiger partial charge in [0, 0.05) is 26.2 Å². The van der Waals surface area contributed by atoms with E-state index in [2.05, 4.69) is 30.9 Å². The molecule has 3 aromatic heterocycles. The van der Waals surface area contributed by atoms with Crippen LogP contribution in [0.25, 0.3) is 22.8 Å². The van der Waals surface area contributed by atoms with Crippen LogP contribution in [0.15, 0.2) is 13.9 Å². The standard InChI is InChI=1S/C14H16N8O5/c1-5-23-6-2-21(1)13-11(17-26-19-13)9-10(16-25-15-9)12-14(20-27-18-12)22-3-7-24-8-4-22/h1-8H2. The summed E-state index contributed by atoms with van der Waals surface area (Å²) in [6.45, 7) is 5.10. The highest BCUT2D eigenvalue weighted by Crippen LogP contribution is 2.36. The Hall–Kier alpha value is -3.06. The number of hydrogen-bond donors (Lipinski definition) is 0. The molecule has 0 N–H and O–H groups in total. The maximum Gasteiger partial charge on any atom is 0.203 e. The van der Waals surface area contributed by atoms with Crippen LogP contribution in [0.2, 0.25) is 0 Å². The predicted octanol–water partition coefficient (Wildman–Crippen LogP) is -0.157. The van der Waals surface area contributed by atoms with Crippen molar-refractivity contribution in [2.24, 2.45) is 0 Å². The number of morpholine rings is 2. The van der Waals surface area contributed by atoms with Gasteiger partial charge in [-0.2, -0.15) is 0 Å². The van der Waals surface area contributed by atoms with Crippen LogP contribution in [-0.4, -0.2) is 83.5 Å². The van der Waals surface area contributed by atoms with Crippen LogP contribution < -0.4 is 9.80 Å². The molecule has 0 radical (unpaired) electrons. The lowest BCUT2D eigenvalue weighted by atomic mass is 10.2. The molecule has 5 rings (SSSR count). The molecule has 27 heavy (non-hydrogen) atoms. The molecule has 0 spiro atoms. The summed E-state index contributed by atoms with van der Waals surface area (Å²) in [5.74, 6) is 1.11. The Kier molecular flexibility index (Phi) is 4.14. The van der Waals surface area contributed by atoms with E-state index in [9.17, 15) is 0 Å². The molecule has 0 aromatic carbocycles. The van der Waals surface area contributed by atoms with Crippen molar-refractivity contribution in [3.63, 3.8) is 0 Å². The van der Waals surface area contributed by atoms with Gasteiger partial charge in [-0.05, 0) is 30.9 Å². The van der Waals surface area contributed by atoms with Crippen LogP contribution >= 0.6 is 0 Å². The molecule has 0 saturated carbocycles. The van der Waals surface area contributed by atoms with Crippen LogP contribution in [0.3, 0.4) is 0 Å². The van der Waals surface area contributed by atoms with Crippen LogP contribution in [0.5, 0.6) is 0 Å². The summed E-state index contributed by atoms with van der Waals surface area (Å²) >= 11 is 0. The summed E-state index contributed by atoms with van der Waals surface area (Å²) in [6, 6.07) is 0. The third kappa shape index (κ3) is 2.90. The van der Waals surface area contributed by atoms with Crippen molar-refractivity contribution in [1.82, 2.24) is 30.9 Å². The van der Waals surface area contributed by atoms with Gasteiger partial charge in [0.15, 0.2) is 22.8 Å². The first kappa shape index (κ1) is 16.1. The summed E-state index contributed by atoms with van der Waals surface area (Å²) < 4.78 is 25.7. The van der Waals surface area contributed by atoms with Crippen molar-refractivity contribution >= 4 is 11.6 Å². The minimum absolute atomic E-state index is 0.364. The highest BCUT2D eigenvalue weighted by molar-refractivity contribution is 5.83. The van der Waals surface area contributed by atoms with Gasteiger partial charge in [-0.1, -0.05) is 0 Å². The molecule has 3 aromatic rings. The number of aromatic nitrogens is 6. The first-order chi connectivity index (χ1) is 13.4. The molecular formula is C14H16N8O5. The molecule has 13 heteroatoms. The Morgan fingerprint density at radius 1 is 0.481 bits per heavy atom. The van der Waals surface area contributed by atoms with Crippen LogP contribution in [0.1, 0.15) is 0 Å². The summed E-state index contributed by atoms with van der Waals surface area (Å²) in [7, 11) is 0. The molecule has 0 amide bonds. The molecule has 2 saturated heterocycles. The molecule has 0 unspecified atom stereocenters. The summed E-state index contributed by atoms with van der Waals surface area (Å²) in [6.07, 6.45) is 0. The Morgan fingerprint density at radius 3 is 1.30 bits per heavy atom. The summed E-state index contributed by atoms with van der Waals surface area (Å²) in [5, 5.41) is 24.0. The monoisotopic (exact) mass is 376 g/mol. The molecule has 2 fully saturated rings. The number of anilines is 2. The normalized spacial score (nSPS) is 18.2. The largest absolute Gasteiger partial charge is 0.378 e. The van der Waals surface area contributed by atoms with Crippen molar-refractivity contribution < 1.29 is 23.4 Å². The first-order valence-corrected chi connectivity index (χ1v) is 8.55. The fourth-order valence-corrected chi connectivity index (χ4v) is 3.13. The number of ether oxygens (including phenoxy) is 2. The van der Waals surface area contributed by atoms with E-state index in [0.717, 1.165) is 0 Å². The SMILES string of the molecule is C1CN(c2nonc2-c2nonc2-c2nonc2N2CCOCC2)CCO1. The zero-order valence-corrected chi connectivity index (χ0v) is 14.3. The molecule has 142 valence electrons. The third-order valence-corrected chi connectivity index (χ3v) is 4.50. The van der Waals surface area contributed by atoms with E-state index in [0.29, 0.717) is 87.0 Å². The van der Waals surface area contributed by atoms with Gasteiger partial charge in [0.25, 0.3) is 0 Å². The van der Waals surface area contributed by atoms with E-state index in [-0.39, 0.29) is 0 Å². The van der Waals surface area contributed by atoms with E-state index >= 15 is 0 Å². The molecule has 0 aliphatic carbocycles. The van der Waals surface area contributed by atoms with Crippen molar-refractivity contribution in [3.05, 3.63) is 0 Å². The highest BCUT2D eigenvalue weighted by Gasteiger charge is 2.31. The molecular weight excluding hydrogens is 360 g/mol. The van der Waals surface area contributed by atoms with Crippen molar-refractivity contribution in [2.45, 2.75) is 0 Å². The molecule has 13 nitrogen and oxygen atoms in total. The van der Waals surface area contributed by atoms with Gasteiger partial charge in [0.1, 0.15) is 0 Å². The quantitative estimate of drug-likeness (QED) is 0.595. The second-order valence-corrected chi connectivity index (χ2v) is 6.03. The second-order valence-electron chi connectivity index (χ2n) is 6.03. The van der Waals surface area contributed by atoms with Gasteiger partial charge in [0.05, 0.1) is 26.4 Å². The average Bonchev–Trinajstić information content (AvgIpc) is 3.48. The minimum Gasteiger partial charge on any atom is -0.378 e. The molecule has 0 atom stereocenters. The lowest BCUT2D eigenvalue weighted by molar-refractivity contribution is 0.122. The lowest BCUT2D eigenvalue weighted by Crippen LogP contribution is -2.37. The van der Waals surface area contributed by atoms with Crippen LogP contribution in [0, 0.1) is 0 Å². The van der Waals surface area contributed by atoms with Gasteiger partial charge in [-0.25, -0.2) is 13.9 Å². The fourth-order valence-electron chi connectivity index (χ4n) is 3.13. The van der Waals surface area contributed by atoms with E-state index in [1.165, 1.54) is 0 Å². The Morgan fingerprint density at radius 2 is 0.852 bits per heavy atom. The summed E-state index contributed by atoms with van der Waals surface area (Å²) in [4.78, 5) is 4.02. The van der Waals surface area contributed by atoms with E-state index in [1.807, 2.05) is 9.80 Å². The zero-order valence-electron chi connectivity index (χ0n) is 14.3. The van der Waals surface area contributed by atoms with Gasteiger partial charge < -0.3 is 19.3 Å². The van der Waals surface area contributed by atoms with E-state index < -0.39 is 0 Å². The third-order valence-electron chi connectivity index (χ3n) is 4.50. The zero-order chi connectivity index (χ0) is 18.1. The van der Waals surface area contributed by atoms with Crippen LogP contribution in [-0.2, 0) is 9.47 Å². The highest BCUT2D eigenvalue weighted by atomic mass is 16.6. The van der Waals surface area contributed by atoms with E-state index in [1.54, 1.807) is 0 Å². The fraction of sp³-hybridized carbons (Fsp3) is 0.571. The number of rotatable bonds is 4. The maximum absolute atomic E-state index is 5.38. The maximum atomic E-state index is 5.38. The topological polar surface area (TPSA) is 142 Å². The predicted molar refractivity (Wildman–Crippen MR) is 86.9 cm³/mol. The van der Waals surface area contributed by atoms with Gasteiger partial charge in [0.2, 0.25) is 11.6 Å². The van der Waals surface area contributed by atoms with Crippen LogP contribution in [0.4, 0.5) is 11.6 Å². The Labute approximate surface area is 152 Å². The Balaban J connectivity index is 1.51. The smallest absolute Gasteiger partial charge is 0.203 e. The average molecular weight is 376 g/mol. The number of hydrogen-bond acceptors (Lipinski definition) is 13.